The number of hydrogen-bond acceptors (Lipinski definition) is 9. The first-order chi connectivity index (χ1) is 20.9. The van der Waals surface area contributed by atoms with Gasteiger partial charge >= 0.3 is 6.09 Å². The molecule has 2 atom stereocenters. The largest absolute Gasteiger partial charge is 0.504 e. The highest BCUT2D eigenvalue weighted by atomic mass is 16.7. The number of nitrogens with one attached hydrogen (secondary N) is 2. The van der Waals surface area contributed by atoms with Crippen LogP contribution in [0, 0.1) is 0 Å². The first-order valence-electron chi connectivity index (χ1n) is 13.2. The fourth-order valence-corrected chi connectivity index (χ4v) is 4.27. The van der Waals surface area contributed by atoms with Gasteiger partial charge in [0.05, 0.1) is 18.5 Å². The Hall–Kier alpha value is -5.84. The molecule has 0 spiro atoms. The molecule has 0 fully saturated rings. The van der Waals surface area contributed by atoms with Gasteiger partial charge in [-0.15, -0.1) is 0 Å². The van der Waals surface area contributed by atoms with Crippen LogP contribution in [0.4, 0.5) is 21.9 Å². The van der Waals surface area contributed by atoms with E-state index < -0.39 is 24.2 Å². The predicted molar refractivity (Wildman–Crippen MR) is 160 cm³/mol. The lowest BCUT2D eigenvalue weighted by molar-refractivity contribution is -0.112. The smallest absolute Gasteiger partial charge is 0.412 e. The van der Waals surface area contributed by atoms with Crippen molar-refractivity contribution >= 4 is 29.1 Å². The summed E-state index contributed by atoms with van der Waals surface area (Å²) in [4.78, 5) is 26.1. The Balaban J connectivity index is 1.45. The average Bonchev–Trinajstić information content (AvgIpc) is 3.48. The van der Waals surface area contributed by atoms with Crippen LogP contribution in [0.25, 0.3) is 0 Å². The molecule has 11 heteroatoms. The number of amides is 2. The number of nitrogen functional groups attached to an aromatic ring is 1. The Morgan fingerprint density at radius 3 is 2.47 bits per heavy atom. The highest BCUT2D eigenvalue weighted by Gasteiger charge is 2.29. The van der Waals surface area contributed by atoms with Crippen molar-refractivity contribution in [1.82, 2.24) is 0 Å². The summed E-state index contributed by atoms with van der Waals surface area (Å²) in [5.41, 5.74) is 7.58. The molecule has 4 aromatic carbocycles. The maximum Gasteiger partial charge on any atom is 0.412 e. The molecule has 5 N–H and O–H groups in total. The molecule has 43 heavy (non-hydrogen) atoms. The number of phenols is 1. The zero-order valence-electron chi connectivity index (χ0n) is 23.1. The minimum Gasteiger partial charge on any atom is -0.504 e. The van der Waals surface area contributed by atoms with Crippen molar-refractivity contribution in [3.05, 3.63) is 109 Å². The van der Waals surface area contributed by atoms with Crippen molar-refractivity contribution in [1.29, 1.82) is 0 Å². The fourth-order valence-electron chi connectivity index (χ4n) is 4.27. The topological polar surface area (TPSA) is 151 Å². The van der Waals surface area contributed by atoms with E-state index in [9.17, 15) is 14.7 Å². The lowest BCUT2D eigenvalue weighted by Crippen LogP contribution is -2.30. The summed E-state index contributed by atoms with van der Waals surface area (Å²) in [6.07, 6.45) is -0.277. The predicted octanol–water partition coefficient (Wildman–Crippen LogP) is 5.64. The number of nitrogens with two attached hydrogens (primary N) is 1. The Morgan fingerprint density at radius 2 is 1.70 bits per heavy atom. The van der Waals surface area contributed by atoms with E-state index in [4.69, 9.17) is 29.4 Å². The van der Waals surface area contributed by atoms with Crippen LogP contribution in [0.1, 0.15) is 11.7 Å². The molecule has 220 valence electrons. The van der Waals surface area contributed by atoms with Crippen LogP contribution in [0.2, 0.25) is 0 Å². The first-order valence-corrected chi connectivity index (χ1v) is 13.2. The third-order valence-electron chi connectivity index (χ3n) is 6.35. The third kappa shape index (κ3) is 7.27. The maximum absolute atomic E-state index is 13.2. The van der Waals surface area contributed by atoms with Crippen molar-refractivity contribution in [2.45, 2.75) is 12.2 Å². The minimum absolute atomic E-state index is 0.0849. The number of carbonyl (C=O) groups is 2. The molecule has 0 unspecified atom stereocenters. The molecule has 5 rings (SSSR count). The molecular formula is C32H29N3O8. The first kappa shape index (κ1) is 28.7. The summed E-state index contributed by atoms with van der Waals surface area (Å²) < 4.78 is 28.0. The number of aromatic hydroxyl groups is 1. The van der Waals surface area contributed by atoms with E-state index in [2.05, 4.69) is 10.6 Å². The van der Waals surface area contributed by atoms with Gasteiger partial charge in [-0.05, 0) is 54.6 Å². The second kappa shape index (κ2) is 13.2. The molecule has 1 aliphatic rings. The zero-order chi connectivity index (χ0) is 30.2. The number of hydrogen-bond donors (Lipinski definition) is 4. The molecule has 2 amide bonds. The Bertz CT molecular complexity index is 1630. The number of methoxy groups -OCH3 is 1. The number of phenolic OH excluding ortho intramolecular Hbond substituents is 1. The summed E-state index contributed by atoms with van der Waals surface area (Å²) in [5, 5.41) is 15.9. The normalized spacial score (nSPS) is 13.1. The molecule has 4 aromatic rings. The zero-order valence-corrected chi connectivity index (χ0v) is 23.1. The second-order valence-electron chi connectivity index (χ2n) is 9.28. The van der Waals surface area contributed by atoms with E-state index in [1.165, 1.54) is 31.4 Å². The quantitative estimate of drug-likeness (QED) is 0.137. The summed E-state index contributed by atoms with van der Waals surface area (Å²) in [7, 11) is 1.42. The van der Waals surface area contributed by atoms with Crippen LogP contribution in [-0.4, -0.2) is 37.1 Å². The van der Waals surface area contributed by atoms with Gasteiger partial charge in [0.15, 0.2) is 35.2 Å². The molecule has 0 aromatic heterocycles. The SMILES string of the molecule is COc1ccc([C@H](OC(=O)Nc2ccc3c(c2)OCO3)[C@H](/C=C/C(=O)Nc2ccccc2N)Oc2ccccc2)cc1O. The van der Waals surface area contributed by atoms with Crippen molar-refractivity contribution in [3.8, 4) is 28.7 Å². The van der Waals surface area contributed by atoms with E-state index >= 15 is 0 Å². The van der Waals surface area contributed by atoms with E-state index in [-0.39, 0.29) is 18.3 Å². The van der Waals surface area contributed by atoms with E-state index in [1.54, 1.807) is 72.8 Å². The van der Waals surface area contributed by atoms with Crippen molar-refractivity contribution in [2.24, 2.45) is 0 Å². The summed E-state index contributed by atoms with van der Waals surface area (Å²) in [6, 6.07) is 25.1. The van der Waals surface area contributed by atoms with E-state index in [1.807, 2.05) is 6.07 Å². The summed E-state index contributed by atoms with van der Waals surface area (Å²) in [6.45, 7) is 0.0849. The van der Waals surface area contributed by atoms with Gasteiger partial charge in [-0.25, -0.2) is 4.79 Å². The van der Waals surface area contributed by atoms with E-state index in [0.717, 1.165) is 0 Å². The van der Waals surface area contributed by atoms with Gasteiger partial charge < -0.3 is 39.8 Å². The summed E-state index contributed by atoms with van der Waals surface area (Å²) in [5.74, 6) is 1.05. The van der Waals surface area contributed by atoms with Crippen LogP contribution >= 0.6 is 0 Å². The molecule has 0 saturated carbocycles. The number of ether oxygens (including phenoxy) is 5. The van der Waals surface area contributed by atoms with Gasteiger partial charge in [0.1, 0.15) is 5.75 Å². The average molecular weight is 584 g/mol. The Labute approximate surface area is 247 Å². The highest BCUT2D eigenvalue weighted by molar-refractivity contribution is 6.01. The third-order valence-corrected chi connectivity index (χ3v) is 6.35. The van der Waals surface area contributed by atoms with Gasteiger partial charge in [0.25, 0.3) is 0 Å². The van der Waals surface area contributed by atoms with Crippen LogP contribution in [0.5, 0.6) is 28.7 Å². The fraction of sp³-hybridized carbons (Fsp3) is 0.125. The molecule has 1 heterocycles. The van der Waals surface area contributed by atoms with Crippen molar-refractivity contribution in [2.75, 3.05) is 30.3 Å². The van der Waals surface area contributed by atoms with Crippen molar-refractivity contribution < 1.29 is 38.4 Å². The standard InChI is InChI=1S/C32H29N3O8/c1-39-26-13-11-20(17-25(26)36)31(43-32(38)34-21-12-14-27-29(18-21)41-19-40-27)28(42-22-7-3-2-4-8-22)15-16-30(37)35-24-10-6-5-9-23(24)33/h2-18,28,31,36H,19,33H2,1H3,(H,34,38)(H,35,37)/b16-15+/t28-,31-/m0/s1. The molecule has 0 radical (unpaired) electrons. The van der Waals surface area contributed by atoms with Crippen LogP contribution in [0.15, 0.2) is 103 Å². The Kier molecular flexibility index (Phi) is 8.81. The number of carbonyl (C=O) groups excluding carboxylic acids is 2. The molecule has 1 aliphatic heterocycles. The van der Waals surface area contributed by atoms with Crippen LogP contribution in [0.3, 0.4) is 0 Å². The van der Waals surface area contributed by atoms with Gasteiger partial charge in [0, 0.05) is 23.4 Å². The minimum atomic E-state index is -1.14. The number of benzene rings is 4. The lowest BCUT2D eigenvalue weighted by Gasteiger charge is -2.26. The second-order valence-corrected chi connectivity index (χ2v) is 9.28. The molecular weight excluding hydrogens is 554 g/mol. The monoisotopic (exact) mass is 583 g/mol. The lowest BCUT2D eigenvalue weighted by atomic mass is 10.0. The molecule has 0 aliphatic carbocycles. The van der Waals surface area contributed by atoms with Gasteiger partial charge in [0.2, 0.25) is 12.7 Å². The highest BCUT2D eigenvalue weighted by Crippen LogP contribution is 2.36. The van der Waals surface area contributed by atoms with Crippen molar-refractivity contribution in [3.63, 3.8) is 0 Å². The number of rotatable bonds is 10. The van der Waals surface area contributed by atoms with Gasteiger partial charge in [-0.2, -0.15) is 0 Å². The van der Waals surface area contributed by atoms with Crippen LogP contribution in [-0.2, 0) is 9.53 Å². The summed E-state index contributed by atoms with van der Waals surface area (Å²) >= 11 is 0. The molecule has 0 bridgehead atoms. The number of para-hydroxylation sites is 3. The Morgan fingerprint density at radius 1 is 0.930 bits per heavy atom. The van der Waals surface area contributed by atoms with Crippen LogP contribution < -0.4 is 35.3 Å². The number of fused-ring (bicyclic) bond motifs is 1. The molecule has 11 nitrogen and oxygen atoms in total. The maximum atomic E-state index is 13.2. The van der Waals surface area contributed by atoms with Gasteiger partial charge in [-0.3, -0.25) is 10.1 Å². The number of anilines is 3. The molecule has 0 saturated heterocycles. The van der Waals surface area contributed by atoms with Gasteiger partial charge in [-0.1, -0.05) is 36.4 Å². The van der Waals surface area contributed by atoms with E-state index in [0.29, 0.717) is 39.9 Å².